The Morgan fingerprint density at radius 1 is 0.929 bits per heavy atom. The van der Waals surface area contributed by atoms with E-state index in [2.05, 4.69) is 0 Å². The fraction of sp³-hybridized carbons (Fsp3) is 0.321. The molecular weight excluding hydrogens is 588 g/mol. The number of aryl methyl sites for hydroxylation is 1. The number of amides is 2. The summed E-state index contributed by atoms with van der Waals surface area (Å²) in [5.74, 6) is -0.904. The van der Waals surface area contributed by atoms with Gasteiger partial charge in [-0.2, -0.15) is 4.98 Å². The molecule has 14 heteroatoms. The summed E-state index contributed by atoms with van der Waals surface area (Å²) in [5, 5.41) is 0.366. The number of rotatable bonds is 5. The largest absolute Gasteiger partial charge is 0.340 e. The van der Waals surface area contributed by atoms with Gasteiger partial charge in [0.25, 0.3) is 11.5 Å². The zero-order valence-corrected chi connectivity index (χ0v) is 24.3. The van der Waals surface area contributed by atoms with Crippen LogP contribution in [-0.4, -0.2) is 67.6 Å². The maximum Gasteiger partial charge on any atom is 0.332 e. The Balaban J connectivity index is 1.29. The fourth-order valence-corrected chi connectivity index (χ4v) is 6.02. The molecule has 2 aromatic carbocycles. The molecule has 0 radical (unpaired) electrons. The van der Waals surface area contributed by atoms with E-state index in [-0.39, 0.29) is 46.7 Å². The van der Waals surface area contributed by atoms with Crippen LogP contribution < -0.4 is 21.0 Å². The van der Waals surface area contributed by atoms with Gasteiger partial charge in [0.2, 0.25) is 11.9 Å². The molecule has 1 atom stereocenters. The fourth-order valence-electron chi connectivity index (χ4n) is 5.65. The van der Waals surface area contributed by atoms with Crippen LogP contribution in [0, 0.1) is 5.82 Å². The molecule has 2 aromatic heterocycles. The smallest absolute Gasteiger partial charge is 0.332 e. The number of hydrogen-bond donors (Lipinski definition) is 0. The number of carbonyl (C=O) groups is 2. The highest BCUT2D eigenvalue weighted by Crippen LogP contribution is 2.30. The van der Waals surface area contributed by atoms with Gasteiger partial charge < -0.3 is 4.90 Å². The van der Waals surface area contributed by atoms with E-state index >= 15 is 0 Å². The van der Waals surface area contributed by atoms with Crippen LogP contribution in [0.2, 0.25) is 10.0 Å². The molecule has 2 amide bonds. The average Bonchev–Trinajstić information content (AvgIpc) is 3.50. The maximum absolute atomic E-state index is 13.7. The SMILES string of the molecule is Cn1c(=O)c2c(nc(N3CCN(C4CC(=O)N(c5ccc(F)c(Cl)c5)C4=O)CC3)n2Cc2ccccc2Cl)n(C)c1=O. The Morgan fingerprint density at radius 2 is 1.64 bits per heavy atom. The first kappa shape index (κ1) is 28.1. The van der Waals surface area contributed by atoms with Crippen molar-refractivity contribution in [2.24, 2.45) is 14.1 Å². The number of carbonyl (C=O) groups excluding carboxylic acids is 2. The molecule has 11 nitrogen and oxygen atoms in total. The van der Waals surface area contributed by atoms with Crippen LogP contribution >= 0.6 is 23.2 Å². The molecule has 0 bridgehead atoms. The molecule has 0 spiro atoms. The van der Waals surface area contributed by atoms with E-state index in [0.29, 0.717) is 37.1 Å². The predicted octanol–water partition coefficient (Wildman–Crippen LogP) is 2.38. The number of imidazole rings is 1. The minimum atomic E-state index is -0.668. The topological polar surface area (TPSA) is 106 Å². The van der Waals surface area contributed by atoms with Gasteiger partial charge in [-0.3, -0.25) is 33.0 Å². The summed E-state index contributed by atoms with van der Waals surface area (Å²) in [6.45, 7) is 2.02. The van der Waals surface area contributed by atoms with Crippen molar-refractivity contribution in [3.63, 3.8) is 0 Å². The predicted molar refractivity (Wildman–Crippen MR) is 157 cm³/mol. The molecule has 6 rings (SSSR count). The number of imide groups is 1. The van der Waals surface area contributed by atoms with Crippen molar-refractivity contribution < 1.29 is 14.0 Å². The van der Waals surface area contributed by atoms with Crippen molar-refractivity contribution >= 4 is 57.8 Å². The van der Waals surface area contributed by atoms with Gasteiger partial charge in [-0.25, -0.2) is 14.1 Å². The van der Waals surface area contributed by atoms with Gasteiger partial charge in [0.15, 0.2) is 11.2 Å². The van der Waals surface area contributed by atoms with E-state index in [9.17, 15) is 23.6 Å². The number of anilines is 2. The van der Waals surface area contributed by atoms with Crippen LogP contribution in [0.4, 0.5) is 16.0 Å². The summed E-state index contributed by atoms with van der Waals surface area (Å²) in [4.78, 5) is 61.9. The molecule has 1 unspecified atom stereocenters. The zero-order chi connectivity index (χ0) is 29.9. The number of aromatic nitrogens is 4. The molecule has 2 aliphatic rings. The van der Waals surface area contributed by atoms with Gasteiger partial charge in [0, 0.05) is 45.3 Å². The minimum absolute atomic E-state index is 0.00298. The van der Waals surface area contributed by atoms with Crippen molar-refractivity contribution in [2.45, 2.75) is 19.0 Å². The summed E-state index contributed by atoms with van der Waals surface area (Å²) < 4.78 is 17.8. The van der Waals surface area contributed by atoms with Gasteiger partial charge in [0.05, 0.1) is 29.7 Å². The number of hydrogen-bond acceptors (Lipinski definition) is 7. The number of fused-ring (bicyclic) bond motifs is 1. The molecule has 2 aliphatic heterocycles. The number of piperazine rings is 1. The molecule has 0 saturated carbocycles. The van der Waals surface area contributed by atoms with E-state index < -0.39 is 23.1 Å². The van der Waals surface area contributed by atoms with Crippen molar-refractivity contribution in [1.29, 1.82) is 0 Å². The second-order valence-corrected chi connectivity index (χ2v) is 11.2. The van der Waals surface area contributed by atoms with E-state index in [1.54, 1.807) is 17.7 Å². The molecule has 0 N–H and O–H groups in total. The zero-order valence-electron chi connectivity index (χ0n) is 22.8. The maximum atomic E-state index is 13.7. The van der Waals surface area contributed by atoms with E-state index in [1.165, 1.54) is 23.7 Å². The summed E-state index contributed by atoms with van der Waals surface area (Å²) in [6.07, 6.45) is -0.00298. The third-order valence-electron chi connectivity index (χ3n) is 7.94. The second-order valence-electron chi connectivity index (χ2n) is 10.4. The summed E-state index contributed by atoms with van der Waals surface area (Å²) in [6, 6.07) is 10.4. The summed E-state index contributed by atoms with van der Waals surface area (Å²) >= 11 is 12.4. The molecule has 2 fully saturated rings. The summed E-state index contributed by atoms with van der Waals surface area (Å²) in [7, 11) is 3.00. The Labute approximate surface area is 248 Å². The first-order valence-corrected chi connectivity index (χ1v) is 14.0. The quantitative estimate of drug-likeness (QED) is 0.318. The Kier molecular flexibility index (Phi) is 7.16. The standard InChI is InChI=1S/C28H26Cl2FN7O4/c1-33-24-23(26(41)34(2)28(33)42)37(15-16-5-3-4-6-18(16)29)27(32-24)36-11-9-35(10-12-36)21-14-22(39)38(25(21)40)17-7-8-20(31)19(30)13-17/h3-8,13,21H,9-12,14-15H2,1-2H3. The van der Waals surface area contributed by atoms with Crippen LogP contribution in [0.3, 0.4) is 0 Å². The normalized spacial score (nSPS) is 18.1. The number of benzene rings is 2. The lowest BCUT2D eigenvalue weighted by molar-refractivity contribution is -0.123. The monoisotopic (exact) mass is 613 g/mol. The first-order chi connectivity index (χ1) is 20.1. The van der Waals surface area contributed by atoms with E-state index in [4.69, 9.17) is 28.2 Å². The molecule has 4 heterocycles. The van der Waals surface area contributed by atoms with Crippen LogP contribution in [0.1, 0.15) is 12.0 Å². The van der Waals surface area contributed by atoms with Gasteiger partial charge >= 0.3 is 5.69 Å². The van der Waals surface area contributed by atoms with E-state index in [0.717, 1.165) is 21.1 Å². The van der Waals surface area contributed by atoms with Crippen molar-refractivity contribution in [3.8, 4) is 0 Å². The molecule has 4 aromatic rings. The van der Waals surface area contributed by atoms with Crippen LogP contribution in [-0.2, 0) is 30.2 Å². The Morgan fingerprint density at radius 3 is 2.33 bits per heavy atom. The lowest BCUT2D eigenvalue weighted by Crippen LogP contribution is -2.53. The summed E-state index contributed by atoms with van der Waals surface area (Å²) in [5.41, 5.74) is 0.611. The van der Waals surface area contributed by atoms with Crippen LogP contribution in [0.25, 0.3) is 11.2 Å². The van der Waals surface area contributed by atoms with Gasteiger partial charge in [-0.05, 0) is 29.8 Å². The van der Waals surface area contributed by atoms with Crippen LogP contribution in [0.15, 0.2) is 52.1 Å². The average molecular weight is 614 g/mol. The Bertz CT molecular complexity index is 1880. The van der Waals surface area contributed by atoms with Crippen molar-refractivity contribution in [1.82, 2.24) is 23.6 Å². The second kappa shape index (κ2) is 10.7. The molecule has 0 aliphatic carbocycles. The van der Waals surface area contributed by atoms with Gasteiger partial charge in [-0.15, -0.1) is 0 Å². The minimum Gasteiger partial charge on any atom is -0.340 e. The third kappa shape index (κ3) is 4.59. The van der Waals surface area contributed by atoms with Crippen molar-refractivity contribution in [3.05, 3.63) is 84.7 Å². The molecular formula is C28H26Cl2FN7O4. The van der Waals surface area contributed by atoms with Gasteiger partial charge in [0.1, 0.15) is 5.82 Å². The number of halogens is 3. The lowest BCUT2D eigenvalue weighted by atomic mass is 10.1. The first-order valence-electron chi connectivity index (χ1n) is 13.3. The molecule has 218 valence electrons. The lowest BCUT2D eigenvalue weighted by Gasteiger charge is -2.37. The van der Waals surface area contributed by atoms with Crippen molar-refractivity contribution in [2.75, 3.05) is 36.0 Å². The third-order valence-corrected chi connectivity index (χ3v) is 8.59. The highest BCUT2D eigenvalue weighted by molar-refractivity contribution is 6.32. The molecule has 2 saturated heterocycles. The van der Waals surface area contributed by atoms with E-state index in [1.807, 2.05) is 28.0 Å². The Hall–Kier alpha value is -4.00. The molecule has 42 heavy (non-hydrogen) atoms. The van der Waals surface area contributed by atoms with Gasteiger partial charge in [-0.1, -0.05) is 41.4 Å². The number of nitrogens with zero attached hydrogens (tertiary/aromatic N) is 7. The highest BCUT2D eigenvalue weighted by Gasteiger charge is 2.43. The highest BCUT2D eigenvalue weighted by atomic mass is 35.5. The van der Waals surface area contributed by atoms with Crippen LogP contribution in [0.5, 0.6) is 0 Å².